The van der Waals surface area contributed by atoms with Crippen LogP contribution in [-0.4, -0.2) is 57.1 Å². The number of halogens is 5. The van der Waals surface area contributed by atoms with Crippen LogP contribution in [0.1, 0.15) is 38.3 Å². The second-order valence-corrected chi connectivity index (χ2v) is 9.49. The molecule has 5 rings (SSSR count). The molecule has 10 nitrogen and oxygen atoms in total. The third-order valence-corrected chi connectivity index (χ3v) is 6.54. The van der Waals surface area contributed by atoms with Crippen molar-refractivity contribution >= 4 is 22.4 Å². The summed E-state index contributed by atoms with van der Waals surface area (Å²) in [6.07, 6.45) is -1.66. The summed E-state index contributed by atoms with van der Waals surface area (Å²) < 4.78 is 86.7. The van der Waals surface area contributed by atoms with Crippen LogP contribution in [0.25, 0.3) is 22.2 Å². The van der Waals surface area contributed by atoms with Gasteiger partial charge in [0, 0.05) is 31.0 Å². The SMILES string of the molecule is CC.Cc1c(F)c(N)cc(-c2nc3c4c(nc(OCCn5cccn5)nc4c2F)NCCNCCC(C)O3)c1C(F)(F)F. The van der Waals surface area contributed by atoms with E-state index < -0.39 is 52.0 Å². The summed E-state index contributed by atoms with van der Waals surface area (Å²) in [4.78, 5) is 12.8. The van der Waals surface area contributed by atoms with Crippen LogP contribution < -0.4 is 25.8 Å². The number of ether oxygens (including phenoxy) is 2. The van der Waals surface area contributed by atoms with Gasteiger partial charge in [-0.1, -0.05) is 13.8 Å². The van der Waals surface area contributed by atoms with E-state index in [2.05, 4.69) is 30.7 Å². The van der Waals surface area contributed by atoms with Crippen LogP contribution >= 0.6 is 0 Å². The van der Waals surface area contributed by atoms with Crippen LogP contribution in [0.2, 0.25) is 0 Å². The zero-order chi connectivity index (χ0) is 31.3. The van der Waals surface area contributed by atoms with Gasteiger partial charge in [0.15, 0.2) is 5.82 Å². The Balaban J connectivity index is 0.00000207. The Morgan fingerprint density at radius 2 is 1.88 bits per heavy atom. The second-order valence-electron chi connectivity index (χ2n) is 9.49. The molecule has 4 aromatic rings. The van der Waals surface area contributed by atoms with Crippen molar-refractivity contribution in [1.29, 1.82) is 0 Å². The lowest BCUT2D eigenvalue weighted by atomic mass is 9.96. The lowest BCUT2D eigenvalue weighted by Crippen LogP contribution is -2.26. The van der Waals surface area contributed by atoms with Gasteiger partial charge in [-0.05, 0) is 44.5 Å². The van der Waals surface area contributed by atoms with Crippen molar-refractivity contribution in [3.8, 4) is 23.1 Å². The highest BCUT2D eigenvalue weighted by molar-refractivity contribution is 5.96. The summed E-state index contributed by atoms with van der Waals surface area (Å²) in [7, 11) is 0. The molecule has 0 amide bonds. The van der Waals surface area contributed by atoms with Crippen molar-refractivity contribution in [3.63, 3.8) is 0 Å². The Bertz CT molecular complexity index is 1560. The molecule has 232 valence electrons. The molecular formula is C28H33F5N8O2. The Kier molecular flexibility index (Phi) is 9.84. The average molecular weight is 609 g/mol. The van der Waals surface area contributed by atoms with Gasteiger partial charge in [0.1, 0.15) is 34.8 Å². The minimum absolute atomic E-state index is 0.0276. The lowest BCUT2D eigenvalue weighted by Gasteiger charge is -2.21. The van der Waals surface area contributed by atoms with E-state index in [0.29, 0.717) is 32.6 Å². The predicted octanol–water partition coefficient (Wildman–Crippen LogP) is 5.35. The van der Waals surface area contributed by atoms with Crippen molar-refractivity contribution in [1.82, 2.24) is 30.0 Å². The van der Waals surface area contributed by atoms with E-state index in [1.54, 1.807) is 30.1 Å². The number of pyridine rings is 1. The Labute approximate surface area is 244 Å². The number of aromatic nitrogens is 5. The smallest absolute Gasteiger partial charge is 0.417 e. The minimum Gasteiger partial charge on any atom is -0.474 e. The minimum atomic E-state index is -5.05. The monoisotopic (exact) mass is 608 g/mol. The normalized spacial score (nSPS) is 15.5. The molecule has 0 aliphatic carbocycles. The number of hydrogen-bond donors (Lipinski definition) is 3. The standard InChI is InChI=1S/C26H27F5N8O2.C2H6/c1-13-4-6-33-7-8-34-23-17-22(37-25(38-23)40-11-10-39-9-3-5-35-39)20(28)21(36-24(17)41-13)15-12-16(32)19(27)14(2)18(15)26(29,30)31;1-2/h3,5,9,12-13,33H,4,6-8,10-11,32H2,1-2H3,(H,34,37,38);1-2H3. The van der Waals surface area contributed by atoms with Gasteiger partial charge in [0.2, 0.25) is 5.88 Å². The number of nitrogens with two attached hydrogens (primary N) is 1. The van der Waals surface area contributed by atoms with E-state index in [4.69, 9.17) is 15.2 Å². The molecule has 4 N–H and O–H groups in total. The van der Waals surface area contributed by atoms with Crippen LogP contribution in [0.15, 0.2) is 24.5 Å². The summed E-state index contributed by atoms with van der Waals surface area (Å²) in [6, 6.07) is 2.23. The number of hydrogen-bond acceptors (Lipinski definition) is 9. The van der Waals surface area contributed by atoms with Gasteiger partial charge in [0.05, 0.1) is 23.9 Å². The summed E-state index contributed by atoms with van der Waals surface area (Å²) in [5.41, 5.74) is 1.03. The van der Waals surface area contributed by atoms with Crippen LogP contribution in [0.4, 0.5) is 33.5 Å². The van der Waals surface area contributed by atoms with Crippen LogP contribution in [0.3, 0.4) is 0 Å². The molecule has 0 fully saturated rings. The van der Waals surface area contributed by atoms with Crippen molar-refractivity contribution in [3.05, 3.63) is 47.3 Å². The molecule has 0 saturated carbocycles. The predicted molar refractivity (Wildman–Crippen MR) is 152 cm³/mol. The van der Waals surface area contributed by atoms with Gasteiger partial charge >= 0.3 is 12.2 Å². The van der Waals surface area contributed by atoms with E-state index in [1.165, 1.54) is 0 Å². The first kappa shape index (κ1) is 31.7. The molecule has 0 saturated heterocycles. The second kappa shape index (κ2) is 13.4. The van der Waals surface area contributed by atoms with Crippen molar-refractivity contribution < 1.29 is 31.4 Å². The molecule has 1 aliphatic heterocycles. The van der Waals surface area contributed by atoms with Gasteiger partial charge in [-0.2, -0.15) is 28.2 Å². The highest BCUT2D eigenvalue weighted by Crippen LogP contribution is 2.44. The first-order valence-electron chi connectivity index (χ1n) is 13.8. The molecule has 15 heteroatoms. The molecule has 4 heterocycles. The summed E-state index contributed by atoms with van der Waals surface area (Å²) in [5.74, 6) is -2.52. The lowest BCUT2D eigenvalue weighted by molar-refractivity contribution is -0.137. The average Bonchev–Trinajstić information content (AvgIpc) is 3.47. The van der Waals surface area contributed by atoms with Gasteiger partial charge in [-0.15, -0.1) is 0 Å². The molecule has 1 atom stereocenters. The number of nitrogens with zero attached hydrogens (tertiary/aromatic N) is 5. The maximum atomic E-state index is 16.3. The molecule has 1 unspecified atom stereocenters. The molecule has 0 spiro atoms. The molecule has 3 aromatic heterocycles. The summed E-state index contributed by atoms with van der Waals surface area (Å²) >= 11 is 0. The number of nitrogen functional groups attached to an aromatic ring is 1. The third-order valence-electron chi connectivity index (χ3n) is 6.54. The molecule has 0 bridgehead atoms. The molecule has 1 aliphatic rings. The fourth-order valence-corrected chi connectivity index (χ4v) is 4.56. The van der Waals surface area contributed by atoms with Gasteiger partial charge in [-0.3, -0.25) is 4.68 Å². The van der Waals surface area contributed by atoms with Gasteiger partial charge < -0.3 is 25.8 Å². The highest BCUT2D eigenvalue weighted by atomic mass is 19.4. The first-order valence-corrected chi connectivity index (χ1v) is 13.8. The quantitative estimate of drug-likeness (QED) is 0.203. The maximum absolute atomic E-state index is 16.3. The molecule has 43 heavy (non-hydrogen) atoms. The van der Waals surface area contributed by atoms with Gasteiger partial charge in [-0.25, -0.2) is 13.8 Å². The Morgan fingerprint density at radius 1 is 1.12 bits per heavy atom. The fraction of sp³-hybridized carbons (Fsp3) is 0.429. The number of benzene rings is 1. The Hall–Kier alpha value is -4.27. The van der Waals surface area contributed by atoms with Crippen molar-refractivity contribution in [2.45, 2.75) is 52.9 Å². The zero-order valence-electron chi connectivity index (χ0n) is 24.1. The number of nitrogens with one attached hydrogen (secondary N) is 2. The largest absolute Gasteiger partial charge is 0.474 e. The van der Waals surface area contributed by atoms with E-state index in [1.807, 2.05) is 13.8 Å². The van der Waals surface area contributed by atoms with E-state index in [9.17, 15) is 17.6 Å². The third kappa shape index (κ3) is 6.87. The van der Waals surface area contributed by atoms with E-state index in [-0.39, 0.29) is 35.2 Å². The number of anilines is 2. The van der Waals surface area contributed by atoms with Crippen LogP contribution in [0.5, 0.6) is 11.9 Å². The zero-order valence-corrected chi connectivity index (χ0v) is 24.1. The number of rotatable bonds is 5. The molecular weight excluding hydrogens is 575 g/mol. The summed E-state index contributed by atoms with van der Waals surface area (Å²) in [5, 5.41) is 10.4. The fourth-order valence-electron chi connectivity index (χ4n) is 4.56. The van der Waals surface area contributed by atoms with E-state index >= 15 is 4.39 Å². The van der Waals surface area contributed by atoms with Crippen molar-refractivity contribution in [2.24, 2.45) is 0 Å². The summed E-state index contributed by atoms with van der Waals surface area (Å²) in [6.45, 7) is 8.57. The number of alkyl halides is 3. The van der Waals surface area contributed by atoms with Crippen molar-refractivity contribution in [2.75, 3.05) is 37.3 Å². The van der Waals surface area contributed by atoms with Crippen LogP contribution in [0, 0.1) is 18.6 Å². The van der Waals surface area contributed by atoms with Gasteiger partial charge in [0.25, 0.3) is 0 Å². The first-order chi connectivity index (χ1) is 20.5. The maximum Gasteiger partial charge on any atom is 0.417 e. The molecule has 1 aromatic carbocycles. The highest BCUT2D eigenvalue weighted by Gasteiger charge is 2.39. The topological polar surface area (TPSA) is 125 Å². The van der Waals surface area contributed by atoms with E-state index in [0.717, 1.165) is 13.0 Å². The molecule has 0 radical (unpaired) electrons. The Morgan fingerprint density at radius 3 is 2.58 bits per heavy atom. The van der Waals surface area contributed by atoms with Crippen LogP contribution in [-0.2, 0) is 12.7 Å².